The lowest BCUT2D eigenvalue weighted by Crippen LogP contribution is -2.19. The number of rotatable bonds is 5. The van der Waals surface area contributed by atoms with Crippen LogP contribution in [0.1, 0.15) is 13.3 Å². The molecule has 0 saturated carbocycles. The van der Waals surface area contributed by atoms with Crippen LogP contribution >= 0.6 is 22.9 Å². The first-order valence-corrected chi connectivity index (χ1v) is 8.91. The minimum absolute atomic E-state index is 0.0852. The van der Waals surface area contributed by atoms with Crippen molar-refractivity contribution in [3.63, 3.8) is 0 Å². The molecule has 0 saturated heterocycles. The van der Waals surface area contributed by atoms with Gasteiger partial charge < -0.3 is 9.30 Å². The highest BCUT2D eigenvalue weighted by Gasteiger charge is 2.10. The molecule has 0 unspecified atom stereocenters. The summed E-state index contributed by atoms with van der Waals surface area (Å²) in [6.07, 6.45) is 0.930. The minimum Gasteiger partial charge on any atom is -0.484 e. The number of hydrogen-bond donors (Lipinski definition) is 0. The monoisotopic (exact) mass is 360 g/mol. The lowest BCUT2D eigenvalue weighted by Gasteiger charge is -2.04. The van der Waals surface area contributed by atoms with Gasteiger partial charge in [-0.2, -0.15) is 4.99 Å². The van der Waals surface area contributed by atoms with Crippen molar-refractivity contribution in [2.45, 2.75) is 19.9 Å². The van der Waals surface area contributed by atoms with Gasteiger partial charge in [0, 0.05) is 6.54 Å². The van der Waals surface area contributed by atoms with Crippen LogP contribution in [0.4, 0.5) is 0 Å². The Morgan fingerprint density at radius 3 is 2.75 bits per heavy atom. The lowest BCUT2D eigenvalue weighted by molar-refractivity contribution is -0.120. The largest absolute Gasteiger partial charge is 0.484 e. The molecule has 1 aromatic heterocycles. The van der Waals surface area contributed by atoms with E-state index in [1.807, 2.05) is 53.1 Å². The number of thiazole rings is 1. The molecule has 3 rings (SSSR count). The molecule has 0 spiro atoms. The maximum absolute atomic E-state index is 12.2. The highest BCUT2D eigenvalue weighted by atomic mass is 35.5. The summed E-state index contributed by atoms with van der Waals surface area (Å²) in [4.78, 5) is 17.1. The van der Waals surface area contributed by atoms with Crippen molar-refractivity contribution in [1.29, 1.82) is 0 Å². The Hall–Kier alpha value is -2.11. The molecule has 1 heterocycles. The predicted molar refractivity (Wildman–Crippen MR) is 97.6 cm³/mol. The molecule has 0 atom stereocenters. The van der Waals surface area contributed by atoms with Gasteiger partial charge in [0.15, 0.2) is 11.4 Å². The zero-order valence-electron chi connectivity index (χ0n) is 13.2. The van der Waals surface area contributed by atoms with Crippen molar-refractivity contribution >= 4 is 39.1 Å². The van der Waals surface area contributed by atoms with Crippen molar-refractivity contribution in [2.24, 2.45) is 4.99 Å². The van der Waals surface area contributed by atoms with Crippen LogP contribution in [0.2, 0.25) is 5.02 Å². The topological polar surface area (TPSA) is 43.6 Å². The van der Waals surface area contributed by atoms with E-state index in [9.17, 15) is 4.79 Å². The number of ether oxygens (including phenoxy) is 1. The molecule has 24 heavy (non-hydrogen) atoms. The Bertz CT molecular complexity index is 916. The molecule has 0 aliphatic heterocycles. The summed E-state index contributed by atoms with van der Waals surface area (Å²) >= 11 is 7.79. The van der Waals surface area contributed by atoms with Crippen molar-refractivity contribution in [1.82, 2.24) is 4.57 Å². The Balaban J connectivity index is 1.90. The van der Waals surface area contributed by atoms with Gasteiger partial charge in [0.1, 0.15) is 5.75 Å². The average molecular weight is 361 g/mol. The zero-order valence-corrected chi connectivity index (χ0v) is 14.8. The van der Waals surface area contributed by atoms with Crippen molar-refractivity contribution in [3.8, 4) is 5.75 Å². The number of para-hydroxylation sites is 2. The molecular formula is C18H17ClN2O2S. The van der Waals surface area contributed by atoms with Crippen LogP contribution < -0.4 is 9.54 Å². The summed E-state index contributed by atoms with van der Waals surface area (Å²) in [6.45, 7) is 2.75. The molecule has 4 nitrogen and oxygen atoms in total. The van der Waals surface area contributed by atoms with E-state index in [1.165, 1.54) is 11.3 Å². The number of aryl methyl sites for hydroxylation is 1. The molecule has 2 aromatic carbocycles. The van der Waals surface area contributed by atoms with E-state index >= 15 is 0 Å². The van der Waals surface area contributed by atoms with E-state index in [0.29, 0.717) is 15.6 Å². The molecule has 3 aromatic rings. The van der Waals surface area contributed by atoms with Gasteiger partial charge in [0.05, 0.1) is 15.2 Å². The van der Waals surface area contributed by atoms with Gasteiger partial charge in [-0.3, -0.25) is 4.79 Å². The number of carbonyl (C=O) groups is 1. The molecule has 0 aliphatic carbocycles. The second-order valence-electron chi connectivity index (χ2n) is 5.23. The first-order valence-electron chi connectivity index (χ1n) is 7.72. The van der Waals surface area contributed by atoms with Crippen molar-refractivity contribution in [2.75, 3.05) is 6.61 Å². The molecule has 0 aliphatic rings. The number of carbonyl (C=O) groups excluding carboxylic acids is 1. The summed E-state index contributed by atoms with van der Waals surface area (Å²) in [6, 6.07) is 15.0. The van der Waals surface area contributed by atoms with Crippen LogP contribution in [0.25, 0.3) is 10.2 Å². The van der Waals surface area contributed by atoms with Gasteiger partial charge in [-0.25, -0.2) is 0 Å². The van der Waals surface area contributed by atoms with Gasteiger partial charge in [-0.1, -0.05) is 54.1 Å². The molecule has 6 heteroatoms. The fourth-order valence-electron chi connectivity index (χ4n) is 2.40. The average Bonchev–Trinajstić information content (AvgIpc) is 2.93. The quantitative estimate of drug-likeness (QED) is 0.681. The number of aromatic nitrogens is 1. The summed E-state index contributed by atoms with van der Waals surface area (Å²) in [5.41, 5.74) is 0.932. The third kappa shape index (κ3) is 3.68. The van der Waals surface area contributed by atoms with Crippen LogP contribution in [-0.2, 0) is 11.3 Å². The maximum atomic E-state index is 12.2. The minimum atomic E-state index is -0.314. The standard InChI is InChI=1S/C18H17ClN2O2S/c1-2-11-21-17-14(19)9-6-10-15(17)24-18(21)20-16(22)12-23-13-7-4-3-5-8-13/h3-10H,2,11-12H2,1H3. The van der Waals surface area contributed by atoms with Gasteiger partial charge >= 0.3 is 0 Å². The number of nitrogens with zero attached hydrogens (tertiary/aromatic N) is 2. The maximum Gasteiger partial charge on any atom is 0.286 e. The number of hydrogen-bond acceptors (Lipinski definition) is 3. The molecule has 1 amide bonds. The summed E-state index contributed by atoms with van der Waals surface area (Å²) in [7, 11) is 0. The van der Waals surface area contributed by atoms with Gasteiger partial charge in [0.25, 0.3) is 5.91 Å². The number of fused-ring (bicyclic) bond motifs is 1. The second-order valence-corrected chi connectivity index (χ2v) is 6.65. The predicted octanol–water partition coefficient (Wildman–Crippen LogP) is 4.27. The molecule has 0 N–H and O–H groups in total. The summed E-state index contributed by atoms with van der Waals surface area (Å²) in [5, 5.41) is 0.673. The summed E-state index contributed by atoms with van der Waals surface area (Å²) in [5.74, 6) is 0.341. The molecular weight excluding hydrogens is 344 g/mol. The van der Waals surface area contributed by atoms with E-state index < -0.39 is 0 Å². The molecule has 0 fully saturated rings. The Labute approximate surface area is 149 Å². The Morgan fingerprint density at radius 1 is 1.21 bits per heavy atom. The molecule has 124 valence electrons. The van der Waals surface area contributed by atoms with Crippen LogP contribution in [-0.4, -0.2) is 17.1 Å². The number of amides is 1. The van der Waals surface area contributed by atoms with E-state index in [1.54, 1.807) is 0 Å². The highest BCUT2D eigenvalue weighted by molar-refractivity contribution is 7.16. The smallest absolute Gasteiger partial charge is 0.286 e. The van der Waals surface area contributed by atoms with Crippen LogP contribution in [0.3, 0.4) is 0 Å². The Morgan fingerprint density at radius 2 is 2.00 bits per heavy atom. The van der Waals surface area contributed by atoms with Crippen molar-refractivity contribution in [3.05, 3.63) is 58.4 Å². The first kappa shape index (κ1) is 16.7. The van der Waals surface area contributed by atoms with Gasteiger partial charge in [0.2, 0.25) is 0 Å². The van der Waals surface area contributed by atoms with E-state index in [4.69, 9.17) is 16.3 Å². The molecule has 0 radical (unpaired) electrons. The van der Waals surface area contributed by atoms with Crippen LogP contribution in [0, 0.1) is 0 Å². The van der Waals surface area contributed by atoms with E-state index in [0.717, 1.165) is 23.2 Å². The Kier molecular flexibility index (Phi) is 5.33. The third-order valence-electron chi connectivity index (χ3n) is 3.42. The van der Waals surface area contributed by atoms with E-state index in [-0.39, 0.29) is 12.5 Å². The van der Waals surface area contributed by atoms with Crippen LogP contribution in [0.5, 0.6) is 5.75 Å². The van der Waals surface area contributed by atoms with Crippen LogP contribution in [0.15, 0.2) is 53.5 Å². The second kappa shape index (κ2) is 7.64. The van der Waals surface area contributed by atoms with Crippen molar-refractivity contribution < 1.29 is 9.53 Å². The summed E-state index contributed by atoms with van der Waals surface area (Å²) < 4.78 is 8.49. The number of halogens is 1. The van der Waals surface area contributed by atoms with Gasteiger partial charge in [-0.05, 0) is 30.7 Å². The molecule has 0 bridgehead atoms. The lowest BCUT2D eigenvalue weighted by atomic mass is 10.3. The SMILES string of the molecule is CCCn1c(=NC(=O)COc2ccccc2)sc2cccc(Cl)c21. The fraction of sp³-hybridized carbons (Fsp3) is 0.222. The number of benzene rings is 2. The fourth-order valence-corrected chi connectivity index (χ4v) is 3.84. The van der Waals surface area contributed by atoms with E-state index in [2.05, 4.69) is 11.9 Å². The van der Waals surface area contributed by atoms with Gasteiger partial charge in [-0.15, -0.1) is 0 Å². The first-order chi connectivity index (χ1) is 11.7. The third-order valence-corrected chi connectivity index (χ3v) is 4.77. The zero-order chi connectivity index (χ0) is 16.9. The normalized spacial score (nSPS) is 11.8. The highest BCUT2D eigenvalue weighted by Crippen LogP contribution is 2.25.